The zero-order valence-electron chi connectivity index (χ0n) is 26.7. The Labute approximate surface area is 299 Å². The van der Waals surface area contributed by atoms with E-state index in [0.717, 1.165) is 61.3 Å². The average Bonchev–Trinajstić information content (AvgIpc) is 3.02. The lowest BCUT2D eigenvalue weighted by atomic mass is 10.2. The number of amides is 2. The van der Waals surface area contributed by atoms with Gasteiger partial charge in [-0.25, -0.2) is 0 Å². The molecule has 2 N–H and O–H groups in total. The Morgan fingerprint density at radius 2 is 0.826 bits per heavy atom. The first kappa shape index (κ1) is 50.0. The van der Waals surface area contributed by atoms with E-state index < -0.39 is 9.85 Å². The summed E-state index contributed by atoms with van der Waals surface area (Å²) in [5, 5.41) is 26.9. The molecule has 0 fully saturated rings. The minimum Gasteiger partial charge on any atom is -1.00 e. The van der Waals surface area contributed by atoms with Crippen LogP contribution in [-0.2, 0) is 0 Å². The number of hydrogen-bond donors (Lipinski definition) is 2. The molecule has 0 aliphatic carbocycles. The van der Waals surface area contributed by atoms with E-state index >= 15 is 0 Å². The minimum atomic E-state index is -0.475. The molecule has 0 atom stereocenters. The Morgan fingerprint density at radius 1 is 0.587 bits per heavy atom. The van der Waals surface area contributed by atoms with Crippen LogP contribution in [0.15, 0.2) is 48.5 Å². The van der Waals surface area contributed by atoms with E-state index in [0.29, 0.717) is 24.2 Å². The van der Waals surface area contributed by atoms with Crippen molar-refractivity contribution >= 4 is 23.2 Å². The summed E-state index contributed by atoms with van der Waals surface area (Å²) in [5.74, 6) is -0.377. The average molecular weight is 783 g/mol. The van der Waals surface area contributed by atoms with Crippen LogP contribution in [-0.4, -0.2) is 96.1 Å². The topological polar surface area (TPSA) is 144 Å². The van der Waals surface area contributed by atoms with Crippen molar-refractivity contribution in [3.63, 3.8) is 0 Å². The van der Waals surface area contributed by atoms with Gasteiger partial charge in [-0.3, -0.25) is 29.8 Å². The number of likely N-dealkylation sites (N-methyl/N-ethyl adjacent to an activating group) is 2. The summed E-state index contributed by atoms with van der Waals surface area (Å²) in [7, 11) is 0. The van der Waals surface area contributed by atoms with E-state index in [4.69, 9.17) is 0 Å². The van der Waals surface area contributed by atoms with Crippen LogP contribution < -0.4 is 47.0 Å². The summed E-state index contributed by atoms with van der Waals surface area (Å²) in [6.07, 6.45) is 0. The van der Waals surface area contributed by atoms with Gasteiger partial charge in [0.25, 0.3) is 23.2 Å². The van der Waals surface area contributed by atoms with E-state index in [1.807, 2.05) is 0 Å². The predicted octanol–water partition coefficient (Wildman–Crippen LogP) is -0.318. The number of hydrogen-bond acceptors (Lipinski definition) is 6. The predicted molar refractivity (Wildman–Crippen MR) is 178 cm³/mol. The molecular formula is C32H56ClIN6O6. The molecule has 0 unspecified atom stereocenters. The number of carbonyl (C=O) groups is 2. The number of quaternary nitrogens is 2. The van der Waals surface area contributed by atoms with Crippen LogP contribution in [0.1, 0.15) is 77.1 Å². The number of halogens is 2. The minimum absolute atomic E-state index is 0. The lowest BCUT2D eigenvalue weighted by Gasteiger charge is -2.35. The molecule has 0 radical (unpaired) electrons. The number of nitro groups is 2. The van der Waals surface area contributed by atoms with Crippen molar-refractivity contribution in [1.82, 2.24) is 10.6 Å². The Balaban J connectivity index is -0.000000353. The molecule has 14 heteroatoms. The zero-order chi connectivity index (χ0) is 31.8. The van der Waals surface area contributed by atoms with Crippen LogP contribution in [0.3, 0.4) is 0 Å². The third-order valence-corrected chi connectivity index (χ3v) is 8.45. The second kappa shape index (κ2) is 25.2. The maximum Gasteiger partial charge on any atom is 0.269 e. The van der Waals surface area contributed by atoms with Gasteiger partial charge in [0.15, 0.2) is 0 Å². The van der Waals surface area contributed by atoms with Gasteiger partial charge in [-0.1, -0.05) is 14.9 Å². The molecule has 12 nitrogen and oxygen atoms in total. The van der Waals surface area contributed by atoms with Crippen molar-refractivity contribution in [2.24, 2.45) is 0 Å². The zero-order valence-corrected chi connectivity index (χ0v) is 29.6. The Kier molecular flexibility index (Phi) is 27.4. The molecule has 46 heavy (non-hydrogen) atoms. The second-order valence-corrected chi connectivity index (χ2v) is 10.1. The van der Waals surface area contributed by atoms with Gasteiger partial charge in [0.1, 0.15) is 0 Å². The van der Waals surface area contributed by atoms with Gasteiger partial charge in [-0.2, -0.15) is 0 Å². The van der Waals surface area contributed by atoms with Gasteiger partial charge in [0.05, 0.1) is 75.3 Å². The highest BCUT2D eigenvalue weighted by Gasteiger charge is 2.21. The number of non-ortho nitro benzene ring substituents is 2. The summed E-state index contributed by atoms with van der Waals surface area (Å²) in [6.45, 7) is 22.2. The highest BCUT2D eigenvalue weighted by molar-refractivity contribution is 5.94. The lowest BCUT2D eigenvalue weighted by Crippen LogP contribution is -3.00. The fraction of sp³-hybridized carbons (Fsp3) is 0.562. The van der Waals surface area contributed by atoms with E-state index in [1.165, 1.54) is 48.5 Å². The van der Waals surface area contributed by atoms with E-state index in [2.05, 4.69) is 52.2 Å². The molecule has 0 heterocycles. The van der Waals surface area contributed by atoms with Crippen LogP contribution in [0.4, 0.5) is 11.4 Å². The fourth-order valence-corrected chi connectivity index (χ4v) is 4.78. The maximum absolute atomic E-state index is 12.0. The van der Waals surface area contributed by atoms with Gasteiger partial charge >= 0.3 is 0 Å². The lowest BCUT2D eigenvalue weighted by molar-refractivity contribution is -0.922. The summed E-state index contributed by atoms with van der Waals surface area (Å²) in [5.41, 5.74) is 0.877. The monoisotopic (exact) mass is 782 g/mol. The third kappa shape index (κ3) is 15.6. The maximum atomic E-state index is 12.0. The van der Waals surface area contributed by atoms with Crippen molar-refractivity contribution in [3.8, 4) is 0 Å². The van der Waals surface area contributed by atoms with Gasteiger partial charge in [-0.15, -0.1) is 0 Å². The first-order valence-electron chi connectivity index (χ1n) is 14.7. The van der Waals surface area contributed by atoms with Gasteiger partial charge < -0.3 is 56.0 Å². The van der Waals surface area contributed by atoms with Gasteiger partial charge in [0.2, 0.25) is 0 Å². The molecule has 2 aromatic carbocycles. The molecular weight excluding hydrogens is 727 g/mol. The number of rotatable bonds is 16. The first-order chi connectivity index (χ1) is 20.0. The summed E-state index contributed by atoms with van der Waals surface area (Å²) in [4.78, 5) is 44.2. The SMILES string of the molecule is C.C.CC[N+](CC)(CC)CCNC(=O)c1ccc([N+](=O)[O-])cc1.CC[N+](CC)(CC)CCNC(=O)c1ccc([N+](=O)[O-])cc1.[Cl-].[I-]. The molecule has 2 aromatic rings. The summed E-state index contributed by atoms with van der Waals surface area (Å²) in [6, 6.07) is 11.3. The molecule has 0 spiro atoms. The Bertz CT molecular complexity index is 1050. The summed E-state index contributed by atoms with van der Waals surface area (Å²) < 4.78 is 1.95. The Morgan fingerprint density at radius 3 is 1.02 bits per heavy atom. The number of carbonyl (C=O) groups excluding carboxylic acids is 2. The van der Waals surface area contributed by atoms with Crippen molar-refractivity contribution < 1.29 is 64.8 Å². The van der Waals surface area contributed by atoms with Crippen LogP contribution in [0, 0.1) is 20.2 Å². The highest BCUT2D eigenvalue weighted by Crippen LogP contribution is 2.13. The van der Waals surface area contributed by atoms with E-state index in [-0.39, 0.29) is 74.4 Å². The first-order valence-corrected chi connectivity index (χ1v) is 14.7. The van der Waals surface area contributed by atoms with Crippen LogP contribution in [0.2, 0.25) is 0 Å². The normalized spacial score (nSPS) is 10.2. The smallest absolute Gasteiger partial charge is 0.269 e. The highest BCUT2D eigenvalue weighted by atomic mass is 127. The largest absolute Gasteiger partial charge is 1.00 e. The van der Waals surface area contributed by atoms with Gasteiger partial charge in [0, 0.05) is 35.4 Å². The fourth-order valence-electron chi connectivity index (χ4n) is 4.78. The molecule has 0 saturated heterocycles. The number of nitrogens with one attached hydrogen (secondary N) is 2. The number of nitro benzene ring substituents is 2. The van der Waals surface area contributed by atoms with Crippen molar-refractivity contribution in [2.75, 3.05) is 65.4 Å². The molecule has 0 bridgehead atoms. The van der Waals surface area contributed by atoms with E-state index in [9.17, 15) is 29.8 Å². The second-order valence-electron chi connectivity index (χ2n) is 10.1. The van der Waals surface area contributed by atoms with Crippen molar-refractivity contribution in [3.05, 3.63) is 79.9 Å². The van der Waals surface area contributed by atoms with Crippen LogP contribution in [0.25, 0.3) is 0 Å². The van der Waals surface area contributed by atoms with Crippen molar-refractivity contribution in [1.29, 1.82) is 0 Å². The van der Waals surface area contributed by atoms with Crippen LogP contribution in [0.5, 0.6) is 0 Å². The number of benzene rings is 2. The van der Waals surface area contributed by atoms with Crippen LogP contribution >= 0.6 is 0 Å². The summed E-state index contributed by atoms with van der Waals surface area (Å²) >= 11 is 0. The third-order valence-electron chi connectivity index (χ3n) is 8.45. The molecule has 0 aliphatic rings. The molecule has 2 amide bonds. The standard InChI is InChI=1S/2C15H23N3O3.2CH4.ClH.HI/c2*1-4-18(5-2,6-3)12-11-16-15(19)13-7-9-14(10-8-13)17(20)21;;;;/h2*7-10H,4-6,11-12H2,1-3H3;2*1H4;2*1H. The quantitative estimate of drug-likeness (QED) is 0.104. The molecule has 0 aliphatic heterocycles. The Hall–Kier alpha value is -2.88. The molecule has 264 valence electrons. The molecule has 0 saturated carbocycles. The molecule has 0 aromatic heterocycles. The van der Waals surface area contributed by atoms with E-state index in [1.54, 1.807) is 0 Å². The van der Waals surface area contributed by atoms with Gasteiger partial charge in [-0.05, 0) is 65.8 Å². The number of nitrogens with zero attached hydrogens (tertiary/aromatic N) is 4. The molecule has 2 rings (SSSR count). The van der Waals surface area contributed by atoms with Crippen molar-refractivity contribution in [2.45, 2.75) is 56.4 Å².